The number of imidazole rings is 1. The minimum Gasteiger partial charge on any atom is -0.491 e. The largest absolute Gasteiger partial charge is 0.491 e. The lowest BCUT2D eigenvalue weighted by Gasteiger charge is -2.18. The second kappa shape index (κ2) is 7.89. The van der Waals surface area contributed by atoms with E-state index in [1.807, 2.05) is 24.3 Å². The van der Waals surface area contributed by atoms with Crippen LogP contribution in [0, 0.1) is 0 Å². The Morgan fingerprint density at radius 2 is 2.07 bits per heavy atom. The summed E-state index contributed by atoms with van der Waals surface area (Å²) in [5, 5.41) is 10.5. The number of aliphatic hydroxyl groups is 1. The standard InChI is InChI=1S/C19H25N5O4/c1-5-12-7-6-8-14(9-12)28-11-13(25)10-24-15-16(20-18(24)22(2)3)23(4)19(27)21-17(15)26/h6-9,13,25H,5,10-11H2,1-4H3,(H,21,26,27)/t13-/m1/s1. The predicted octanol–water partition coefficient (Wildman–Crippen LogP) is 0.492. The Hall–Kier alpha value is -3.07. The summed E-state index contributed by atoms with van der Waals surface area (Å²) in [5.74, 6) is 1.15. The van der Waals surface area contributed by atoms with E-state index in [0.717, 1.165) is 12.0 Å². The van der Waals surface area contributed by atoms with Gasteiger partial charge in [-0.25, -0.2) is 4.79 Å². The second-order valence-corrected chi connectivity index (χ2v) is 6.87. The van der Waals surface area contributed by atoms with Crippen LogP contribution in [-0.2, 0) is 20.0 Å². The lowest BCUT2D eigenvalue weighted by Crippen LogP contribution is -2.31. The molecule has 2 aromatic heterocycles. The normalized spacial score (nSPS) is 12.3. The average Bonchev–Trinajstić information content (AvgIpc) is 3.05. The number of benzene rings is 1. The Kier molecular flexibility index (Phi) is 5.55. The molecule has 0 saturated heterocycles. The summed E-state index contributed by atoms with van der Waals surface area (Å²) in [6.07, 6.45) is 0.0205. The maximum Gasteiger partial charge on any atom is 0.329 e. The van der Waals surface area contributed by atoms with Gasteiger partial charge in [0.05, 0.1) is 6.54 Å². The van der Waals surface area contributed by atoms with Gasteiger partial charge in [0.1, 0.15) is 18.5 Å². The maximum atomic E-state index is 12.4. The van der Waals surface area contributed by atoms with Crippen molar-refractivity contribution < 1.29 is 9.84 Å². The number of hydrogen-bond acceptors (Lipinski definition) is 6. The second-order valence-electron chi connectivity index (χ2n) is 6.87. The van der Waals surface area contributed by atoms with Crippen molar-refractivity contribution in [1.82, 2.24) is 19.1 Å². The quantitative estimate of drug-likeness (QED) is 0.611. The van der Waals surface area contributed by atoms with Gasteiger partial charge in [-0.2, -0.15) is 4.98 Å². The van der Waals surface area contributed by atoms with Crippen LogP contribution in [0.3, 0.4) is 0 Å². The molecule has 28 heavy (non-hydrogen) atoms. The predicted molar refractivity (Wildman–Crippen MR) is 107 cm³/mol. The molecule has 0 aliphatic carbocycles. The summed E-state index contributed by atoms with van der Waals surface area (Å²) >= 11 is 0. The summed E-state index contributed by atoms with van der Waals surface area (Å²) < 4.78 is 8.58. The lowest BCUT2D eigenvalue weighted by molar-refractivity contribution is 0.0936. The highest BCUT2D eigenvalue weighted by Crippen LogP contribution is 2.19. The van der Waals surface area contributed by atoms with E-state index in [1.165, 1.54) is 11.6 Å². The van der Waals surface area contributed by atoms with E-state index < -0.39 is 17.4 Å². The van der Waals surface area contributed by atoms with E-state index >= 15 is 0 Å². The van der Waals surface area contributed by atoms with Crippen molar-refractivity contribution in [3.8, 4) is 5.75 Å². The highest BCUT2D eigenvalue weighted by molar-refractivity contribution is 5.74. The third kappa shape index (κ3) is 3.79. The summed E-state index contributed by atoms with van der Waals surface area (Å²) in [7, 11) is 5.10. The number of aromatic nitrogens is 4. The molecule has 0 radical (unpaired) electrons. The molecule has 0 aliphatic rings. The smallest absolute Gasteiger partial charge is 0.329 e. The first-order chi connectivity index (χ1) is 13.3. The van der Waals surface area contributed by atoms with Crippen LogP contribution < -0.4 is 20.9 Å². The number of rotatable bonds is 7. The molecule has 2 N–H and O–H groups in total. The maximum absolute atomic E-state index is 12.4. The highest BCUT2D eigenvalue weighted by Gasteiger charge is 2.20. The fraction of sp³-hybridized carbons (Fsp3) is 0.421. The molecule has 0 amide bonds. The van der Waals surface area contributed by atoms with E-state index in [2.05, 4.69) is 16.9 Å². The van der Waals surface area contributed by atoms with Gasteiger partial charge in [0, 0.05) is 21.1 Å². The van der Waals surface area contributed by atoms with Crippen molar-refractivity contribution in [3.05, 3.63) is 50.7 Å². The van der Waals surface area contributed by atoms with Crippen LogP contribution in [0.15, 0.2) is 33.9 Å². The fourth-order valence-electron chi connectivity index (χ4n) is 3.05. The number of aromatic amines is 1. The van der Waals surface area contributed by atoms with Gasteiger partial charge in [0.15, 0.2) is 11.2 Å². The fourth-order valence-corrected chi connectivity index (χ4v) is 3.05. The third-order valence-electron chi connectivity index (χ3n) is 4.53. The molecule has 0 unspecified atom stereocenters. The number of nitrogens with one attached hydrogen (secondary N) is 1. The van der Waals surface area contributed by atoms with Crippen LogP contribution in [-0.4, -0.2) is 51.0 Å². The lowest BCUT2D eigenvalue weighted by atomic mass is 10.2. The zero-order valence-electron chi connectivity index (χ0n) is 16.5. The number of hydrogen-bond donors (Lipinski definition) is 2. The zero-order valence-corrected chi connectivity index (χ0v) is 16.5. The molecule has 3 rings (SSSR count). The molecule has 2 heterocycles. The molecule has 3 aromatic rings. The van der Waals surface area contributed by atoms with Gasteiger partial charge in [-0.05, 0) is 24.1 Å². The number of nitrogens with zero attached hydrogens (tertiary/aromatic N) is 4. The zero-order chi connectivity index (χ0) is 20.4. The van der Waals surface area contributed by atoms with E-state index in [9.17, 15) is 14.7 Å². The molecule has 0 bridgehead atoms. The number of ether oxygens (including phenoxy) is 1. The molecule has 0 saturated carbocycles. The topological polar surface area (TPSA) is 105 Å². The summed E-state index contributed by atoms with van der Waals surface area (Å²) in [6.45, 7) is 2.22. The van der Waals surface area contributed by atoms with Gasteiger partial charge in [-0.1, -0.05) is 19.1 Å². The number of aryl methyl sites for hydroxylation is 2. The Morgan fingerprint density at radius 3 is 2.75 bits per heavy atom. The van der Waals surface area contributed by atoms with E-state index in [0.29, 0.717) is 11.7 Å². The average molecular weight is 387 g/mol. The first-order valence-corrected chi connectivity index (χ1v) is 9.08. The van der Waals surface area contributed by atoms with Crippen molar-refractivity contribution in [1.29, 1.82) is 0 Å². The molecule has 0 spiro atoms. The summed E-state index contributed by atoms with van der Waals surface area (Å²) in [5.41, 5.74) is 0.573. The van der Waals surface area contributed by atoms with Gasteiger partial charge in [-0.3, -0.25) is 14.3 Å². The van der Waals surface area contributed by atoms with Crippen molar-refractivity contribution in [2.75, 3.05) is 25.6 Å². The number of H-pyrrole nitrogens is 1. The van der Waals surface area contributed by atoms with Gasteiger partial charge < -0.3 is 19.3 Å². The van der Waals surface area contributed by atoms with Crippen molar-refractivity contribution in [2.24, 2.45) is 7.05 Å². The van der Waals surface area contributed by atoms with E-state index in [4.69, 9.17) is 4.74 Å². The van der Waals surface area contributed by atoms with Crippen molar-refractivity contribution in [2.45, 2.75) is 26.0 Å². The molecule has 0 fully saturated rings. The number of fused-ring (bicyclic) bond motifs is 1. The van der Waals surface area contributed by atoms with Gasteiger partial charge in [0.2, 0.25) is 5.95 Å². The Bertz CT molecular complexity index is 1100. The molecule has 9 nitrogen and oxygen atoms in total. The summed E-state index contributed by atoms with van der Waals surface area (Å²) in [6, 6.07) is 7.70. The van der Waals surface area contributed by atoms with Crippen molar-refractivity contribution >= 4 is 17.1 Å². The molecule has 0 aliphatic heterocycles. The number of aliphatic hydroxyl groups excluding tert-OH is 1. The van der Waals surface area contributed by atoms with Gasteiger partial charge >= 0.3 is 5.69 Å². The third-order valence-corrected chi connectivity index (χ3v) is 4.53. The SMILES string of the molecule is CCc1cccc(OC[C@H](O)Cn2c(N(C)C)nc3c2c(=O)[nH]c(=O)n3C)c1. The minimum atomic E-state index is -0.877. The van der Waals surface area contributed by atoms with Gasteiger partial charge in [0.25, 0.3) is 5.56 Å². The van der Waals surface area contributed by atoms with E-state index in [-0.39, 0.29) is 24.3 Å². The molecule has 150 valence electrons. The van der Waals surface area contributed by atoms with Crippen LogP contribution in [0.4, 0.5) is 5.95 Å². The molecular formula is C19H25N5O4. The molecule has 1 aromatic carbocycles. The molecule has 1 atom stereocenters. The monoisotopic (exact) mass is 387 g/mol. The first kappa shape index (κ1) is 19.7. The van der Waals surface area contributed by atoms with Crippen LogP contribution in [0.2, 0.25) is 0 Å². The minimum absolute atomic E-state index is 0.0589. The van der Waals surface area contributed by atoms with Crippen molar-refractivity contribution in [3.63, 3.8) is 0 Å². The molecular weight excluding hydrogens is 362 g/mol. The van der Waals surface area contributed by atoms with Gasteiger partial charge in [-0.15, -0.1) is 0 Å². The summed E-state index contributed by atoms with van der Waals surface area (Å²) in [4.78, 5) is 32.6. The first-order valence-electron chi connectivity index (χ1n) is 9.08. The van der Waals surface area contributed by atoms with Crippen LogP contribution in [0.1, 0.15) is 12.5 Å². The van der Waals surface area contributed by atoms with Crippen LogP contribution in [0.5, 0.6) is 5.75 Å². The van der Waals surface area contributed by atoms with Crippen LogP contribution in [0.25, 0.3) is 11.2 Å². The molecule has 9 heteroatoms. The Morgan fingerprint density at radius 1 is 1.32 bits per heavy atom. The highest BCUT2D eigenvalue weighted by atomic mass is 16.5. The number of anilines is 1. The van der Waals surface area contributed by atoms with E-state index in [1.54, 1.807) is 23.6 Å². The Balaban J connectivity index is 1.88. The van der Waals surface area contributed by atoms with Crippen LogP contribution >= 0.6 is 0 Å². The Labute approximate surface area is 161 Å².